The summed E-state index contributed by atoms with van der Waals surface area (Å²) in [6, 6.07) is 0. The standard InChI is InChI=1S/C8H18O2/c1-4-8(9)5-6-10-7(2)3/h7-9H,4-6H2,1-3H3. The van der Waals surface area contributed by atoms with Crippen molar-refractivity contribution in [3.63, 3.8) is 0 Å². The predicted octanol–water partition coefficient (Wildman–Crippen LogP) is 1.57. The first-order valence-corrected chi connectivity index (χ1v) is 3.96. The lowest BCUT2D eigenvalue weighted by molar-refractivity contribution is 0.0460. The highest BCUT2D eigenvalue weighted by atomic mass is 16.5. The third-order valence-electron chi connectivity index (χ3n) is 1.37. The van der Waals surface area contributed by atoms with Crippen LogP contribution in [0, 0.1) is 0 Å². The number of rotatable bonds is 5. The maximum absolute atomic E-state index is 9.09. The van der Waals surface area contributed by atoms with E-state index in [9.17, 15) is 0 Å². The van der Waals surface area contributed by atoms with Crippen LogP contribution >= 0.6 is 0 Å². The first kappa shape index (κ1) is 9.92. The summed E-state index contributed by atoms with van der Waals surface area (Å²) in [6.07, 6.45) is 1.68. The van der Waals surface area contributed by atoms with Gasteiger partial charge < -0.3 is 9.84 Å². The number of hydrogen-bond acceptors (Lipinski definition) is 2. The van der Waals surface area contributed by atoms with Crippen LogP contribution in [-0.2, 0) is 4.74 Å². The molecule has 1 atom stereocenters. The van der Waals surface area contributed by atoms with Gasteiger partial charge in [-0.05, 0) is 26.7 Å². The molecule has 0 bridgehead atoms. The van der Waals surface area contributed by atoms with Gasteiger partial charge in [0.2, 0.25) is 0 Å². The molecule has 0 saturated carbocycles. The smallest absolute Gasteiger partial charge is 0.0559 e. The number of hydrogen-bond donors (Lipinski definition) is 1. The molecule has 2 nitrogen and oxygen atoms in total. The summed E-state index contributed by atoms with van der Waals surface area (Å²) in [5.74, 6) is 0. The molecule has 0 aliphatic rings. The Morgan fingerprint density at radius 3 is 2.40 bits per heavy atom. The van der Waals surface area contributed by atoms with Crippen molar-refractivity contribution in [3.8, 4) is 0 Å². The third-order valence-corrected chi connectivity index (χ3v) is 1.37. The highest BCUT2D eigenvalue weighted by molar-refractivity contribution is 4.50. The van der Waals surface area contributed by atoms with Crippen molar-refractivity contribution >= 4 is 0 Å². The van der Waals surface area contributed by atoms with Gasteiger partial charge in [-0.15, -0.1) is 0 Å². The largest absolute Gasteiger partial charge is 0.393 e. The molecule has 0 aromatic carbocycles. The number of aliphatic hydroxyl groups is 1. The molecule has 0 rings (SSSR count). The second-order valence-corrected chi connectivity index (χ2v) is 2.77. The number of ether oxygens (including phenoxy) is 1. The molecule has 0 aliphatic heterocycles. The van der Waals surface area contributed by atoms with E-state index in [1.54, 1.807) is 0 Å². The van der Waals surface area contributed by atoms with Crippen molar-refractivity contribution in [2.45, 2.75) is 45.8 Å². The van der Waals surface area contributed by atoms with Gasteiger partial charge in [0, 0.05) is 6.61 Å². The van der Waals surface area contributed by atoms with Crippen LogP contribution < -0.4 is 0 Å². The van der Waals surface area contributed by atoms with Gasteiger partial charge in [0.1, 0.15) is 0 Å². The lowest BCUT2D eigenvalue weighted by Crippen LogP contribution is -2.11. The Labute approximate surface area is 63.2 Å². The monoisotopic (exact) mass is 146 g/mol. The minimum atomic E-state index is -0.182. The molecule has 0 heterocycles. The highest BCUT2D eigenvalue weighted by Crippen LogP contribution is 1.98. The SMILES string of the molecule is CCC(O)CCOC(C)C. The van der Waals surface area contributed by atoms with E-state index >= 15 is 0 Å². The van der Waals surface area contributed by atoms with E-state index in [0.717, 1.165) is 12.8 Å². The van der Waals surface area contributed by atoms with Crippen molar-refractivity contribution in [3.05, 3.63) is 0 Å². The van der Waals surface area contributed by atoms with E-state index in [0.29, 0.717) is 6.61 Å². The second-order valence-electron chi connectivity index (χ2n) is 2.77. The van der Waals surface area contributed by atoms with Crippen LogP contribution in [0.3, 0.4) is 0 Å². The molecule has 0 aliphatic carbocycles. The van der Waals surface area contributed by atoms with Gasteiger partial charge in [-0.25, -0.2) is 0 Å². The molecule has 0 fully saturated rings. The van der Waals surface area contributed by atoms with E-state index in [1.807, 2.05) is 20.8 Å². The fraction of sp³-hybridized carbons (Fsp3) is 1.00. The minimum absolute atomic E-state index is 0.182. The summed E-state index contributed by atoms with van der Waals surface area (Å²) in [4.78, 5) is 0. The zero-order chi connectivity index (χ0) is 7.98. The van der Waals surface area contributed by atoms with Gasteiger partial charge in [-0.1, -0.05) is 6.92 Å². The Morgan fingerprint density at radius 2 is 2.00 bits per heavy atom. The zero-order valence-electron chi connectivity index (χ0n) is 7.13. The van der Waals surface area contributed by atoms with Gasteiger partial charge in [0.05, 0.1) is 12.2 Å². The normalized spacial score (nSPS) is 14.1. The molecule has 0 amide bonds. The van der Waals surface area contributed by atoms with Gasteiger partial charge >= 0.3 is 0 Å². The van der Waals surface area contributed by atoms with E-state index in [2.05, 4.69) is 0 Å². The molecule has 0 spiro atoms. The maximum Gasteiger partial charge on any atom is 0.0559 e. The first-order chi connectivity index (χ1) is 4.66. The zero-order valence-corrected chi connectivity index (χ0v) is 7.13. The van der Waals surface area contributed by atoms with Crippen LogP contribution in [0.5, 0.6) is 0 Å². The quantitative estimate of drug-likeness (QED) is 0.638. The van der Waals surface area contributed by atoms with Crippen LogP contribution in [0.15, 0.2) is 0 Å². The van der Waals surface area contributed by atoms with E-state index in [-0.39, 0.29) is 12.2 Å². The molecule has 0 aromatic rings. The molecule has 0 aromatic heterocycles. The Kier molecular flexibility index (Phi) is 5.64. The first-order valence-electron chi connectivity index (χ1n) is 3.96. The minimum Gasteiger partial charge on any atom is -0.393 e. The van der Waals surface area contributed by atoms with Crippen LogP contribution in [-0.4, -0.2) is 23.9 Å². The molecule has 0 radical (unpaired) electrons. The number of aliphatic hydroxyl groups excluding tert-OH is 1. The van der Waals surface area contributed by atoms with Crippen molar-refractivity contribution in [2.75, 3.05) is 6.61 Å². The predicted molar refractivity (Wildman–Crippen MR) is 42.0 cm³/mol. The summed E-state index contributed by atoms with van der Waals surface area (Å²) in [7, 11) is 0. The molecule has 10 heavy (non-hydrogen) atoms. The van der Waals surface area contributed by atoms with E-state index in [1.165, 1.54) is 0 Å². The van der Waals surface area contributed by atoms with Crippen molar-refractivity contribution < 1.29 is 9.84 Å². The summed E-state index contributed by atoms with van der Waals surface area (Å²) >= 11 is 0. The molecule has 62 valence electrons. The Hall–Kier alpha value is -0.0800. The Bertz CT molecular complexity index is 71.7. The fourth-order valence-corrected chi connectivity index (χ4v) is 0.644. The van der Waals surface area contributed by atoms with Gasteiger partial charge in [0.25, 0.3) is 0 Å². The summed E-state index contributed by atoms with van der Waals surface area (Å²) in [5.41, 5.74) is 0. The molecule has 1 unspecified atom stereocenters. The molecule has 1 N–H and O–H groups in total. The van der Waals surface area contributed by atoms with Gasteiger partial charge in [0.15, 0.2) is 0 Å². The van der Waals surface area contributed by atoms with E-state index < -0.39 is 0 Å². The van der Waals surface area contributed by atoms with Crippen LogP contribution in [0.2, 0.25) is 0 Å². The van der Waals surface area contributed by atoms with Gasteiger partial charge in [-0.3, -0.25) is 0 Å². The van der Waals surface area contributed by atoms with Crippen molar-refractivity contribution in [1.82, 2.24) is 0 Å². The average molecular weight is 146 g/mol. The lowest BCUT2D eigenvalue weighted by Gasteiger charge is -2.09. The van der Waals surface area contributed by atoms with Gasteiger partial charge in [-0.2, -0.15) is 0 Å². The van der Waals surface area contributed by atoms with Crippen LogP contribution in [0.25, 0.3) is 0 Å². The molecular formula is C8H18O2. The third kappa shape index (κ3) is 6.05. The van der Waals surface area contributed by atoms with Crippen molar-refractivity contribution in [2.24, 2.45) is 0 Å². The van der Waals surface area contributed by atoms with Crippen LogP contribution in [0.4, 0.5) is 0 Å². The fourth-order valence-electron chi connectivity index (χ4n) is 0.644. The second kappa shape index (κ2) is 5.69. The molecule has 0 saturated heterocycles. The molecule has 2 heteroatoms. The Morgan fingerprint density at radius 1 is 1.40 bits per heavy atom. The molecular weight excluding hydrogens is 128 g/mol. The van der Waals surface area contributed by atoms with Crippen LogP contribution in [0.1, 0.15) is 33.6 Å². The Balaban J connectivity index is 3.03. The highest BCUT2D eigenvalue weighted by Gasteiger charge is 2.00. The average Bonchev–Trinajstić information content (AvgIpc) is 1.87. The topological polar surface area (TPSA) is 29.5 Å². The summed E-state index contributed by atoms with van der Waals surface area (Å²) in [6.45, 7) is 6.64. The summed E-state index contributed by atoms with van der Waals surface area (Å²) in [5, 5.41) is 9.09. The maximum atomic E-state index is 9.09. The van der Waals surface area contributed by atoms with Crippen molar-refractivity contribution in [1.29, 1.82) is 0 Å². The summed E-state index contributed by atoms with van der Waals surface area (Å²) < 4.78 is 5.25. The lowest BCUT2D eigenvalue weighted by atomic mass is 10.2. The van der Waals surface area contributed by atoms with E-state index in [4.69, 9.17) is 9.84 Å².